The zero-order valence-electron chi connectivity index (χ0n) is 12.2. The van der Waals surface area contributed by atoms with Crippen LogP contribution in [0.4, 0.5) is 0 Å². The number of carboxylic acid groups (broad SMARTS) is 1. The second-order valence-electron chi connectivity index (χ2n) is 5.64. The lowest BCUT2D eigenvalue weighted by Gasteiger charge is -2.32. The van der Waals surface area contributed by atoms with Crippen molar-refractivity contribution in [1.29, 1.82) is 0 Å². The Labute approximate surface area is 120 Å². The van der Waals surface area contributed by atoms with Gasteiger partial charge in [-0.25, -0.2) is 0 Å². The molecule has 1 N–H and O–H groups in total. The fraction of sp³-hybridized carbons (Fsp3) is 0.733. The van der Waals surface area contributed by atoms with Gasteiger partial charge in [-0.3, -0.25) is 14.5 Å². The molecule has 1 saturated heterocycles. The smallest absolute Gasteiger partial charge is 0.307 e. The van der Waals surface area contributed by atoms with E-state index in [0.717, 1.165) is 44.3 Å². The van der Waals surface area contributed by atoms with E-state index in [-0.39, 0.29) is 11.8 Å². The Kier molecular flexibility index (Phi) is 5.17. The van der Waals surface area contributed by atoms with E-state index in [1.165, 1.54) is 0 Å². The number of nitrogens with zero attached hydrogens (tertiary/aromatic N) is 2. The van der Waals surface area contributed by atoms with Crippen LogP contribution in [0.25, 0.3) is 0 Å². The summed E-state index contributed by atoms with van der Waals surface area (Å²) in [7, 11) is 0. The number of likely N-dealkylation sites (tertiary alicyclic amines) is 1. The van der Waals surface area contributed by atoms with Gasteiger partial charge in [0.05, 0.1) is 12.5 Å². The Bertz CT molecular complexity index is 406. The number of hydrogen-bond acceptors (Lipinski definition) is 3. The Morgan fingerprint density at radius 3 is 2.85 bits per heavy atom. The molecule has 1 aliphatic heterocycles. The first-order valence-corrected chi connectivity index (χ1v) is 7.56. The molecule has 0 aromatic rings. The molecular formula is C15H24N2O3. The summed E-state index contributed by atoms with van der Waals surface area (Å²) in [6.45, 7) is 4.35. The molecule has 0 radical (unpaired) electrons. The number of piperidine rings is 1. The van der Waals surface area contributed by atoms with Crippen molar-refractivity contribution in [3.8, 4) is 0 Å². The van der Waals surface area contributed by atoms with Crippen LogP contribution in [-0.2, 0) is 9.59 Å². The highest BCUT2D eigenvalue weighted by Crippen LogP contribution is 2.22. The zero-order valence-corrected chi connectivity index (χ0v) is 12.2. The molecule has 0 aromatic heterocycles. The Morgan fingerprint density at radius 1 is 1.45 bits per heavy atom. The first-order chi connectivity index (χ1) is 9.61. The lowest BCUT2D eigenvalue weighted by molar-refractivity contribution is -0.144. The summed E-state index contributed by atoms with van der Waals surface area (Å²) in [5, 5.41) is 9.09. The van der Waals surface area contributed by atoms with Crippen LogP contribution in [-0.4, -0.2) is 53.0 Å². The number of carbonyl (C=O) groups excluding carboxylic acids is 1. The van der Waals surface area contributed by atoms with Crippen molar-refractivity contribution >= 4 is 11.9 Å². The predicted octanol–water partition coefficient (Wildman–Crippen LogP) is 1.70. The van der Waals surface area contributed by atoms with Gasteiger partial charge >= 0.3 is 5.97 Å². The van der Waals surface area contributed by atoms with Crippen LogP contribution >= 0.6 is 0 Å². The maximum atomic E-state index is 12.4. The van der Waals surface area contributed by atoms with Crippen LogP contribution < -0.4 is 0 Å². The molecule has 2 aliphatic rings. The predicted molar refractivity (Wildman–Crippen MR) is 76.1 cm³/mol. The summed E-state index contributed by atoms with van der Waals surface area (Å²) in [5.41, 5.74) is 1.14. The number of rotatable bonds is 5. The standard InChI is InChI=1S/C15H24N2O3/c1-2-17(13-7-3-4-8-13)14(18)11-16-9-5-6-12(10-16)15(19)20/h7,12H,2-6,8-11H2,1H3,(H,19,20). The topological polar surface area (TPSA) is 60.9 Å². The van der Waals surface area contributed by atoms with E-state index in [1.54, 1.807) is 0 Å². The first kappa shape index (κ1) is 15.0. The maximum Gasteiger partial charge on any atom is 0.307 e. The molecule has 1 atom stereocenters. The summed E-state index contributed by atoms with van der Waals surface area (Å²) >= 11 is 0. The van der Waals surface area contributed by atoms with Gasteiger partial charge in [0.15, 0.2) is 0 Å². The van der Waals surface area contributed by atoms with E-state index in [4.69, 9.17) is 5.11 Å². The van der Waals surface area contributed by atoms with Gasteiger partial charge in [0.25, 0.3) is 0 Å². The fourth-order valence-corrected chi connectivity index (χ4v) is 3.12. The molecule has 1 unspecified atom stereocenters. The average Bonchev–Trinajstić information content (AvgIpc) is 2.93. The van der Waals surface area contributed by atoms with E-state index in [9.17, 15) is 9.59 Å². The normalized spacial score (nSPS) is 23.4. The number of hydrogen-bond donors (Lipinski definition) is 1. The van der Waals surface area contributed by atoms with Crippen LogP contribution in [0, 0.1) is 5.92 Å². The zero-order chi connectivity index (χ0) is 14.5. The average molecular weight is 280 g/mol. The summed E-state index contributed by atoms with van der Waals surface area (Å²) in [6.07, 6.45) is 6.91. The molecule has 1 amide bonds. The van der Waals surface area contributed by atoms with Gasteiger partial charge in [-0.2, -0.15) is 0 Å². The molecule has 0 aromatic carbocycles. The molecule has 0 bridgehead atoms. The van der Waals surface area contributed by atoms with Gasteiger partial charge < -0.3 is 10.0 Å². The minimum absolute atomic E-state index is 0.103. The highest BCUT2D eigenvalue weighted by Gasteiger charge is 2.28. The van der Waals surface area contributed by atoms with Crippen molar-refractivity contribution < 1.29 is 14.7 Å². The molecule has 5 heteroatoms. The van der Waals surface area contributed by atoms with Crippen molar-refractivity contribution in [1.82, 2.24) is 9.80 Å². The highest BCUT2D eigenvalue weighted by molar-refractivity contribution is 5.80. The van der Waals surface area contributed by atoms with E-state index in [0.29, 0.717) is 19.6 Å². The van der Waals surface area contributed by atoms with Crippen LogP contribution in [0.15, 0.2) is 11.8 Å². The lowest BCUT2D eigenvalue weighted by Crippen LogP contribution is -2.45. The van der Waals surface area contributed by atoms with E-state index in [2.05, 4.69) is 6.08 Å². The maximum absolute atomic E-state index is 12.4. The third kappa shape index (κ3) is 3.60. The van der Waals surface area contributed by atoms with Crippen LogP contribution in [0.3, 0.4) is 0 Å². The third-order valence-electron chi connectivity index (χ3n) is 4.19. The van der Waals surface area contributed by atoms with Crippen molar-refractivity contribution in [2.45, 2.75) is 39.0 Å². The number of amides is 1. The van der Waals surface area contributed by atoms with Gasteiger partial charge in [-0.1, -0.05) is 6.08 Å². The minimum Gasteiger partial charge on any atom is -0.481 e. The van der Waals surface area contributed by atoms with Gasteiger partial charge in [-0.05, 0) is 45.6 Å². The molecular weight excluding hydrogens is 256 g/mol. The first-order valence-electron chi connectivity index (χ1n) is 7.56. The molecule has 0 saturated carbocycles. The second kappa shape index (κ2) is 6.88. The molecule has 1 heterocycles. The molecule has 20 heavy (non-hydrogen) atoms. The van der Waals surface area contributed by atoms with E-state index in [1.807, 2.05) is 16.7 Å². The van der Waals surface area contributed by atoms with Crippen molar-refractivity contribution in [2.75, 3.05) is 26.2 Å². The molecule has 5 nitrogen and oxygen atoms in total. The minimum atomic E-state index is -0.743. The third-order valence-corrected chi connectivity index (χ3v) is 4.19. The van der Waals surface area contributed by atoms with Crippen LogP contribution in [0.5, 0.6) is 0 Å². The largest absolute Gasteiger partial charge is 0.481 e. The van der Waals surface area contributed by atoms with Crippen molar-refractivity contribution in [3.63, 3.8) is 0 Å². The summed E-state index contributed by atoms with van der Waals surface area (Å²) in [4.78, 5) is 27.3. The SMILES string of the molecule is CCN(C(=O)CN1CCCC(C(=O)O)C1)C1=CCCC1. The van der Waals surface area contributed by atoms with E-state index < -0.39 is 5.97 Å². The lowest BCUT2D eigenvalue weighted by atomic mass is 9.98. The van der Waals surface area contributed by atoms with Gasteiger partial charge in [0.1, 0.15) is 0 Å². The Morgan fingerprint density at radius 2 is 2.25 bits per heavy atom. The number of allylic oxidation sites excluding steroid dienone is 2. The molecule has 1 fully saturated rings. The van der Waals surface area contributed by atoms with Crippen molar-refractivity contribution in [3.05, 3.63) is 11.8 Å². The number of aliphatic carboxylic acids is 1. The molecule has 2 rings (SSSR count). The number of likely N-dealkylation sites (N-methyl/N-ethyl adjacent to an activating group) is 1. The van der Waals surface area contributed by atoms with Crippen molar-refractivity contribution in [2.24, 2.45) is 5.92 Å². The van der Waals surface area contributed by atoms with E-state index >= 15 is 0 Å². The quantitative estimate of drug-likeness (QED) is 0.832. The summed E-state index contributed by atoms with van der Waals surface area (Å²) in [5.74, 6) is -0.961. The monoisotopic (exact) mass is 280 g/mol. The fourth-order valence-electron chi connectivity index (χ4n) is 3.12. The van der Waals surface area contributed by atoms with Gasteiger partial charge in [0, 0.05) is 18.8 Å². The van der Waals surface area contributed by atoms with Crippen LogP contribution in [0.2, 0.25) is 0 Å². The summed E-state index contributed by atoms with van der Waals surface area (Å²) < 4.78 is 0. The number of carbonyl (C=O) groups is 2. The second-order valence-corrected chi connectivity index (χ2v) is 5.64. The highest BCUT2D eigenvalue weighted by atomic mass is 16.4. The van der Waals surface area contributed by atoms with Gasteiger partial charge in [-0.15, -0.1) is 0 Å². The molecule has 1 aliphatic carbocycles. The van der Waals surface area contributed by atoms with Gasteiger partial charge in [0.2, 0.25) is 5.91 Å². The molecule has 112 valence electrons. The van der Waals surface area contributed by atoms with Crippen LogP contribution in [0.1, 0.15) is 39.0 Å². The Balaban J connectivity index is 1.91. The number of carboxylic acids is 1. The summed E-state index contributed by atoms with van der Waals surface area (Å²) in [6, 6.07) is 0. The molecule has 0 spiro atoms. The Hall–Kier alpha value is -1.36.